The molecule has 0 amide bonds. The maximum atomic E-state index is 5.07. The normalized spacial score (nSPS) is 9.57. The molecule has 0 fully saturated rings. The summed E-state index contributed by atoms with van der Waals surface area (Å²) in [6.45, 7) is 5.01. The fourth-order valence-corrected chi connectivity index (χ4v) is 1.42. The summed E-state index contributed by atoms with van der Waals surface area (Å²) in [7, 11) is 0. The van der Waals surface area contributed by atoms with Gasteiger partial charge in [-0.3, -0.25) is 0 Å². The number of anilines is 1. The number of nitrogens with one attached hydrogen (secondary N) is 2. The molecule has 0 heterocycles. The monoisotopic (exact) mass is 208 g/mol. The van der Waals surface area contributed by atoms with Crippen molar-refractivity contribution in [1.29, 1.82) is 0 Å². The Bertz CT molecular complexity index is 293. The predicted octanol–water partition coefficient (Wildman–Crippen LogP) is 2.56. The average Bonchev–Trinajstić information content (AvgIpc) is 2.19. The van der Waals surface area contributed by atoms with Crippen molar-refractivity contribution < 1.29 is 0 Å². The van der Waals surface area contributed by atoms with Crippen molar-refractivity contribution in [2.24, 2.45) is 0 Å². The summed E-state index contributed by atoms with van der Waals surface area (Å²) in [6.07, 6.45) is 1.07. The quantitative estimate of drug-likeness (QED) is 0.747. The summed E-state index contributed by atoms with van der Waals surface area (Å²) in [4.78, 5) is 0. The topological polar surface area (TPSA) is 24.1 Å². The van der Waals surface area contributed by atoms with Crippen LogP contribution in [0.5, 0.6) is 0 Å². The molecule has 1 aromatic rings. The molecule has 0 aliphatic heterocycles. The van der Waals surface area contributed by atoms with Gasteiger partial charge in [-0.25, -0.2) is 0 Å². The average molecular weight is 208 g/mol. The third-order valence-electron chi connectivity index (χ3n) is 1.96. The lowest BCUT2D eigenvalue weighted by Gasteiger charge is -2.08. The Labute approximate surface area is 90.7 Å². The van der Waals surface area contributed by atoms with Crippen LogP contribution in [0.3, 0.4) is 0 Å². The molecule has 0 radical (unpaired) electrons. The van der Waals surface area contributed by atoms with E-state index in [1.165, 1.54) is 5.56 Å². The summed E-state index contributed by atoms with van der Waals surface area (Å²) in [5.74, 6) is 0. The van der Waals surface area contributed by atoms with E-state index in [4.69, 9.17) is 12.2 Å². The van der Waals surface area contributed by atoms with Crippen LogP contribution < -0.4 is 10.6 Å². The summed E-state index contributed by atoms with van der Waals surface area (Å²) in [5, 5.41) is 6.83. The van der Waals surface area contributed by atoms with E-state index >= 15 is 0 Å². The SMILES string of the molecule is CCNC(=S)Nc1ccc(CC)cc1. The van der Waals surface area contributed by atoms with Crippen LogP contribution in [-0.4, -0.2) is 11.7 Å². The molecule has 0 bridgehead atoms. The molecule has 2 N–H and O–H groups in total. The maximum absolute atomic E-state index is 5.07. The van der Waals surface area contributed by atoms with Gasteiger partial charge in [0.1, 0.15) is 0 Å². The molecular weight excluding hydrogens is 192 g/mol. The van der Waals surface area contributed by atoms with Gasteiger partial charge in [0.25, 0.3) is 0 Å². The van der Waals surface area contributed by atoms with Crippen LogP contribution in [0.2, 0.25) is 0 Å². The molecule has 76 valence electrons. The first-order chi connectivity index (χ1) is 6.76. The molecule has 0 unspecified atom stereocenters. The molecule has 0 aliphatic carbocycles. The third kappa shape index (κ3) is 3.34. The van der Waals surface area contributed by atoms with Gasteiger partial charge in [-0.2, -0.15) is 0 Å². The van der Waals surface area contributed by atoms with Crippen molar-refractivity contribution >= 4 is 23.0 Å². The predicted molar refractivity (Wildman–Crippen MR) is 65.7 cm³/mol. The number of rotatable bonds is 3. The van der Waals surface area contributed by atoms with Crippen LogP contribution in [-0.2, 0) is 6.42 Å². The molecule has 0 aliphatic rings. The van der Waals surface area contributed by atoms with E-state index in [0.29, 0.717) is 5.11 Å². The number of hydrogen-bond acceptors (Lipinski definition) is 1. The number of thiocarbonyl (C=S) groups is 1. The zero-order valence-corrected chi connectivity index (χ0v) is 9.45. The fraction of sp³-hybridized carbons (Fsp3) is 0.364. The molecule has 0 aromatic heterocycles. The van der Waals surface area contributed by atoms with E-state index in [2.05, 4.69) is 29.7 Å². The molecule has 0 atom stereocenters. The first-order valence-corrected chi connectivity index (χ1v) is 5.31. The number of aryl methyl sites for hydroxylation is 1. The second kappa shape index (κ2) is 5.60. The van der Waals surface area contributed by atoms with Crippen LogP contribution in [0.4, 0.5) is 5.69 Å². The summed E-state index contributed by atoms with van der Waals surface area (Å²) >= 11 is 5.07. The Kier molecular flexibility index (Phi) is 4.40. The van der Waals surface area contributed by atoms with Gasteiger partial charge in [0.15, 0.2) is 5.11 Å². The molecule has 0 saturated heterocycles. The van der Waals surface area contributed by atoms with E-state index in [1.807, 2.05) is 19.1 Å². The van der Waals surface area contributed by atoms with Gasteiger partial charge in [-0.05, 0) is 43.3 Å². The van der Waals surface area contributed by atoms with Gasteiger partial charge in [-0.1, -0.05) is 19.1 Å². The molecule has 14 heavy (non-hydrogen) atoms. The van der Waals surface area contributed by atoms with E-state index in [9.17, 15) is 0 Å². The molecule has 0 saturated carbocycles. The Hall–Kier alpha value is -1.09. The zero-order chi connectivity index (χ0) is 10.4. The van der Waals surface area contributed by atoms with Crippen molar-refractivity contribution in [3.8, 4) is 0 Å². The van der Waals surface area contributed by atoms with Gasteiger partial charge < -0.3 is 10.6 Å². The minimum absolute atomic E-state index is 0.678. The highest BCUT2D eigenvalue weighted by Gasteiger charge is 1.95. The van der Waals surface area contributed by atoms with Crippen LogP contribution in [0, 0.1) is 0 Å². The van der Waals surface area contributed by atoms with Gasteiger partial charge in [-0.15, -0.1) is 0 Å². The van der Waals surface area contributed by atoms with Crippen molar-refractivity contribution in [3.63, 3.8) is 0 Å². The van der Waals surface area contributed by atoms with E-state index < -0.39 is 0 Å². The lowest BCUT2D eigenvalue weighted by Crippen LogP contribution is -2.27. The molecule has 2 nitrogen and oxygen atoms in total. The van der Waals surface area contributed by atoms with E-state index in [-0.39, 0.29) is 0 Å². The molecule has 1 rings (SSSR count). The van der Waals surface area contributed by atoms with E-state index in [1.54, 1.807) is 0 Å². The molecular formula is C11H16N2S. The Balaban J connectivity index is 2.55. The Morgan fingerprint density at radius 2 is 1.86 bits per heavy atom. The third-order valence-corrected chi connectivity index (χ3v) is 2.20. The van der Waals surface area contributed by atoms with Crippen molar-refractivity contribution in [2.75, 3.05) is 11.9 Å². The Morgan fingerprint density at radius 1 is 1.21 bits per heavy atom. The van der Waals surface area contributed by atoms with Gasteiger partial charge in [0.05, 0.1) is 0 Å². The fourth-order valence-electron chi connectivity index (χ4n) is 1.16. The summed E-state index contributed by atoms with van der Waals surface area (Å²) in [6, 6.07) is 8.30. The Morgan fingerprint density at radius 3 is 2.36 bits per heavy atom. The van der Waals surface area contributed by atoms with Crippen LogP contribution in [0.15, 0.2) is 24.3 Å². The molecule has 3 heteroatoms. The van der Waals surface area contributed by atoms with Crippen molar-refractivity contribution in [1.82, 2.24) is 5.32 Å². The smallest absolute Gasteiger partial charge is 0.170 e. The van der Waals surface area contributed by atoms with Crippen LogP contribution in [0.1, 0.15) is 19.4 Å². The van der Waals surface area contributed by atoms with Gasteiger partial charge in [0, 0.05) is 12.2 Å². The summed E-state index contributed by atoms with van der Waals surface area (Å²) < 4.78 is 0. The molecule has 1 aromatic carbocycles. The highest BCUT2D eigenvalue weighted by Crippen LogP contribution is 2.09. The largest absolute Gasteiger partial charge is 0.363 e. The van der Waals surface area contributed by atoms with E-state index in [0.717, 1.165) is 18.7 Å². The van der Waals surface area contributed by atoms with Gasteiger partial charge >= 0.3 is 0 Å². The highest BCUT2D eigenvalue weighted by molar-refractivity contribution is 7.80. The lowest BCUT2D eigenvalue weighted by atomic mass is 10.1. The number of benzene rings is 1. The second-order valence-corrected chi connectivity index (χ2v) is 3.44. The number of hydrogen-bond donors (Lipinski definition) is 2. The summed E-state index contributed by atoms with van der Waals surface area (Å²) in [5.41, 5.74) is 2.37. The minimum atomic E-state index is 0.678. The van der Waals surface area contributed by atoms with Gasteiger partial charge in [0.2, 0.25) is 0 Å². The van der Waals surface area contributed by atoms with Crippen LogP contribution >= 0.6 is 12.2 Å². The lowest BCUT2D eigenvalue weighted by molar-refractivity contribution is 0.979. The first kappa shape index (κ1) is 11.0. The zero-order valence-electron chi connectivity index (χ0n) is 8.63. The van der Waals surface area contributed by atoms with Crippen LogP contribution in [0.25, 0.3) is 0 Å². The minimum Gasteiger partial charge on any atom is -0.363 e. The van der Waals surface area contributed by atoms with Crippen molar-refractivity contribution in [2.45, 2.75) is 20.3 Å². The maximum Gasteiger partial charge on any atom is 0.170 e. The highest BCUT2D eigenvalue weighted by atomic mass is 32.1. The standard InChI is InChI=1S/C11H16N2S/c1-3-9-5-7-10(8-6-9)13-11(14)12-4-2/h5-8H,3-4H2,1-2H3,(H2,12,13,14). The van der Waals surface area contributed by atoms with Crippen molar-refractivity contribution in [3.05, 3.63) is 29.8 Å². The molecule has 0 spiro atoms. The first-order valence-electron chi connectivity index (χ1n) is 4.90. The second-order valence-electron chi connectivity index (χ2n) is 3.03.